The van der Waals surface area contributed by atoms with E-state index in [1.54, 1.807) is 13.0 Å². The number of hydrogen-bond donors (Lipinski definition) is 1. The molecule has 0 aromatic heterocycles. The Balaban J connectivity index is 4.27. The van der Waals surface area contributed by atoms with Crippen LogP contribution < -0.4 is 0 Å². The van der Waals surface area contributed by atoms with E-state index in [2.05, 4.69) is 5.73 Å². The lowest BCUT2D eigenvalue weighted by atomic mass is 9.97. The van der Waals surface area contributed by atoms with Gasteiger partial charge in [-0.25, -0.2) is 0 Å². The highest BCUT2D eigenvalue weighted by Gasteiger charge is 2.25. The monoisotopic (exact) mass is 182 g/mol. The van der Waals surface area contributed by atoms with E-state index in [1.807, 2.05) is 6.92 Å². The van der Waals surface area contributed by atoms with E-state index in [4.69, 9.17) is 0 Å². The number of aliphatic hydroxyl groups is 1. The molecule has 2 heteroatoms. The summed E-state index contributed by atoms with van der Waals surface area (Å²) in [5, 5.41) is 9.65. The third-order valence-electron chi connectivity index (χ3n) is 1.85. The van der Waals surface area contributed by atoms with Gasteiger partial charge in [0, 0.05) is 6.42 Å². The number of carbonyl (C=O) groups is 1. The summed E-state index contributed by atoms with van der Waals surface area (Å²) < 4.78 is 0. The standard InChI is InChI=1S/C11H18O2/c1-4-6-8-10(12)11(3,13)9-7-5-2/h5,9,13H,4,6,8H2,1-3H3. The number of rotatable bonds is 5. The Morgan fingerprint density at radius 3 is 2.69 bits per heavy atom. The minimum absolute atomic E-state index is 0.135. The molecule has 0 aliphatic rings. The first-order valence-corrected chi connectivity index (χ1v) is 4.68. The van der Waals surface area contributed by atoms with Crippen molar-refractivity contribution in [1.82, 2.24) is 0 Å². The van der Waals surface area contributed by atoms with Gasteiger partial charge in [-0.05, 0) is 32.4 Å². The van der Waals surface area contributed by atoms with Crippen LogP contribution in [0.5, 0.6) is 0 Å². The Labute approximate surface area is 80.0 Å². The van der Waals surface area contributed by atoms with Gasteiger partial charge >= 0.3 is 0 Å². The zero-order valence-corrected chi connectivity index (χ0v) is 8.63. The molecule has 0 rings (SSSR count). The molecule has 0 aliphatic heterocycles. The maximum absolute atomic E-state index is 11.4. The van der Waals surface area contributed by atoms with Crippen LogP contribution in [0.4, 0.5) is 0 Å². The van der Waals surface area contributed by atoms with Crippen molar-refractivity contribution in [3.05, 3.63) is 17.9 Å². The SMILES string of the molecule is CC=C=CC(C)(O)C(=O)CCCC. The van der Waals surface area contributed by atoms with Crippen molar-refractivity contribution in [2.75, 3.05) is 0 Å². The molecule has 0 heterocycles. The van der Waals surface area contributed by atoms with Crippen LogP contribution >= 0.6 is 0 Å². The molecule has 0 amide bonds. The maximum Gasteiger partial charge on any atom is 0.168 e. The van der Waals surface area contributed by atoms with Gasteiger partial charge in [0.25, 0.3) is 0 Å². The van der Waals surface area contributed by atoms with Crippen LogP contribution in [-0.4, -0.2) is 16.5 Å². The largest absolute Gasteiger partial charge is 0.378 e. The van der Waals surface area contributed by atoms with Crippen LogP contribution in [0, 0.1) is 0 Å². The maximum atomic E-state index is 11.4. The summed E-state index contributed by atoms with van der Waals surface area (Å²) in [6, 6.07) is 0. The number of ketones is 1. The van der Waals surface area contributed by atoms with E-state index < -0.39 is 5.60 Å². The van der Waals surface area contributed by atoms with Crippen LogP contribution in [0.3, 0.4) is 0 Å². The topological polar surface area (TPSA) is 37.3 Å². The zero-order valence-electron chi connectivity index (χ0n) is 8.63. The molecule has 1 N–H and O–H groups in total. The highest BCUT2D eigenvalue weighted by molar-refractivity contribution is 5.88. The highest BCUT2D eigenvalue weighted by Crippen LogP contribution is 2.11. The molecule has 1 atom stereocenters. The molecule has 74 valence electrons. The van der Waals surface area contributed by atoms with Gasteiger partial charge < -0.3 is 5.11 Å². The van der Waals surface area contributed by atoms with E-state index in [-0.39, 0.29) is 5.78 Å². The van der Waals surface area contributed by atoms with Gasteiger partial charge in [-0.15, -0.1) is 5.73 Å². The lowest BCUT2D eigenvalue weighted by Gasteiger charge is -2.15. The van der Waals surface area contributed by atoms with Crippen molar-refractivity contribution < 1.29 is 9.90 Å². The third kappa shape index (κ3) is 4.66. The fourth-order valence-corrected chi connectivity index (χ4v) is 0.916. The Bertz CT molecular complexity index is 220. The third-order valence-corrected chi connectivity index (χ3v) is 1.85. The van der Waals surface area contributed by atoms with Crippen LogP contribution in [0.2, 0.25) is 0 Å². The Morgan fingerprint density at radius 1 is 1.62 bits per heavy atom. The lowest BCUT2D eigenvalue weighted by Crippen LogP contribution is -2.32. The van der Waals surface area contributed by atoms with Crippen molar-refractivity contribution in [3.63, 3.8) is 0 Å². The lowest BCUT2D eigenvalue weighted by molar-refractivity contribution is -0.131. The van der Waals surface area contributed by atoms with Crippen molar-refractivity contribution in [2.24, 2.45) is 0 Å². The predicted octanol–water partition coefficient (Wildman–Crippen LogP) is 2.23. The number of Topliss-reactive ketones (excluding diaryl/α,β-unsaturated/α-hetero) is 1. The minimum atomic E-state index is -1.35. The predicted molar refractivity (Wildman–Crippen MR) is 53.5 cm³/mol. The second-order valence-corrected chi connectivity index (χ2v) is 3.27. The fourth-order valence-electron chi connectivity index (χ4n) is 0.916. The van der Waals surface area contributed by atoms with Crippen LogP contribution in [0.1, 0.15) is 40.0 Å². The Morgan fingerprint density at radius 2 is 2.23 bits per heavy atom. The molecule has 0 aromatic rings. The van der Waals surface area contributed by atoms with Crippen LogP contribution in [0.25, 0.3) is 0 Å². The molecule has 0 aromatic carbocycles. The molecule has 0 bridgehead atoms. The van der Waals surface area contributed by atoms with Crippen molar-refractivity contribution in [1.29, 1.82) is 0 Å². The smallest absolute Gasteiger partial charge is 0.168 e. The second-order valence-electron chi connectivity index (χ2n) is 3.27. The number of unbranched alkanes of at least 4 members (excludes halogenated alkanes) is 1. The molecule has 0 radical (unpaired) electrons. The first-order chi connectivity index (χ1) is 6.04. The summed E-state index contributed by atoms with van der Waals surface area (Å²) in [6.07, 6.45) is 5.31. The summed E-state index contributed by atoms with van der Waals surface area (Å²) in [5.74, 6) is -0.135. The van der Waals surface area contributed by atoms with Crippen LogP contribution in [0.15, 0.2) is 17.9 Å². The number of hydrogen-bond acceptors (Lipinski definition) is 2. The summed E-state index contributed by atoms with van der Waals surface area (Å²) in [7, 11) is 0. The van der Waals surface area contributed by atoms with Crippen LogP contribution in [-0.2, 0) is 4.79 Å². The zero-order chi connectivity index (χ0) is 10.3. The highest BCUT2D eigenvalue weighted by atomic mass is 16.3. The average molecular weight is 182 g/mol. The molecule has 0 saturated heterocycles. The van der Waals surface area contributed by atoms with Gasteiger partial charge in [-0.3, -0.25) is 4.79 Å². The van der Waals surface area contributed by atoms with Gasteiger partial charge in [-0.2, -0.15) is 0 Å². The summed E-state index contributed by atoms with van der Waals surface area (Å²) >= 11 is 0. The van der Waals surface area contributed by atoms with E-state index >= 15 is 0 Å². The van der Waals surface area contributed by atoms with Gasteiger partial charge in [-0.1, -0.05) is 13.3 Å². The van der Waals surface area contributed by atoms with E-state index in [0.29, 0.717) is 6.42 Å². The van der Waals surface area contributed by atoms with E-state index in [0.717, 1.165) is 12.8 Å². The van der Waals surface area contributed by atoms with Crippen molar-refractivity contribution in [2.45, 2.75) is 45.6 Å². The summed E-state index contributed by atoms with van der Waals surface area (Å²) in [6.45, 7) is 5.31. The van der Waals surface area contributed by atoms with Gasteiger partial charge in [0.15, 0.2) is 5.78 Å². The summed E-state index contributed by atoms with van der Waals surface area (Å²) in [5.41, 5.74) is 1.38. The molecular weight excluding hydrogens is 164 g/mol. The van der Waals surface area contributed by atoms with Gasteiger partial charge in [0.1, 0.15) is 5.60 Å². The number of carbonyl (C=O) groups excluding carboxylic acids is 1. The molecule has 0 aliphatic carbocycles. The first-order valence-electron chi connectivity index (χ1n) is 4.68. The first kappa shape index (κ1) is 12.2. The van der Waals surface area contributed by atoms with Crippen molar-refractivity contribution >= 4 is 5.78 Å². The molecule has 0 fully saturated rings. The summed E-state index contributed by atoms with van der Waals surface area (Å²) in [4.78, 5) is 11.4. The van der Waals surface area contributed by atoms with Gasteiger partial charge in [0.2, 0.25) is 0 Å². The molecule has 2 nitrogen and oxygen atoms in total. The Kier molecular flexibility index (Phi) is 5.36. The molecule has 13 heavy (non-hydrogen) atoms. The molecule has 0 spiro atoms. The molecule has 1 unspecified atom stereocenters. The quantitative estimate of drug-likeness (QED) is 0.662. The Hall–Kier alpha value is -0.850. The average Bonchev–Trinajstić information content (AvgIpc) is 2.10. The molecular formula is C11H18O2. The van der Waals surface area contributed by atoms with E-state index in [1.165, 1.54) is 13.0 Å². The second kappa shape index (κ2) is 5.74. The fraction of sp³-hybridized carbons (Fsp3) is 0.636. The van der Waals surface area contributed by atoms with E-state index in [9.17, 15) is 9.90 Å². The minimum Gasteiger partial charge on any atom is -0.378 e. The normalized spacial score (nSPS) is 14.2. The molecule has 0 saturated carbocycles. The van der Waals surface area contributed by atoms with Gasteiger partial charge in [0.05, 0.1) is 0 Å². The van der Waals surface area contributed by atoms with Crippen molar-refractivity contribution in [3.8, 4) is 0 Å².